The van der Waals surface area contributed by atoms with Crippen molar-refractivity contribution in [3.63, 3.8) is 0 Å². The predicted octanol–water partition coefficient (Wildman–Crippen LogP) is 5.71. The second kappa shape index (κ2) is 9.61. The number of ether oxygens (including phenoxy) is 1. The number of carbonyl (C=O) groups is 1. The number of benzene rings is 2. The number of aromatic nitrogens is 2. The van der Waals surface area contributed by atoms with Crippen molar-refractivity contribution in [2.45, 2.75) is 32.3 Å². The highest BCUT2D eigenvalue weighted by Crippen LogP contribution is 2.42. The van der Waals surface area contributed by atoms with Gasteiger partial charge in [0.15, 0.2) is 0 Å². The van der Waals surface area contributed by atoms with E-state index in [1.54, 1.807) is 6.33 Å². The molecule has 0 amide bonds. The van der Waals surface area contributed by atoms with Crippen molar-refractivity contribution in [3.8, 4) is 22.5 Å². The van der Waals surface area contributed by atoms with Gasteiger partial charge in [-0.15, -0.1) is 0 Å². The molecule has 0 radical (unpaired) electrons. The monoisotopic (exact) mass is 454 g/mol. The van der Waals surface area contributed by atoms with Crippen LogP contribution in [0, 0.1) is 5.92 Å². The Kier molecular flexibility index (Phi) is 6.23. The minimum Gasteiger partial charge on any atom is -0.480 e. The van der Waals surface area contributed by atoms with Crippen LogP contribution < -0.4 is 0 Å². The van der Waals surface area contributed by atoms with Gasteiger partial charge in [-0.2, -0.15) is 0 Å². The Hall–Kier alpha value is -3.77. The van der Waals surface area contributed by atoms with Crippen LogP contribution in [0.4, 0.5) is 0 Å². The van der Waals surface area contributed by atoms with E-state index >= 15 is 0 Å². The Labute approximate surface area is 197 Å². The van der Waals surface area contributed by atoms with Crippen molar-refractivity contribution >= 4 is 17.1 Å². The van der Waals surface area contributed by atoms with E-state index in [9.17, 15) is 4.79 Å². The first-order chi connectivity index (χ1) is 16.6. The molecule has 1 aliphatic carbocycles. The number of nitrogens with zero attached hydrogens (tertiary/aromatic N) is 2. The molecule has 0 saturated carbocycles. The summed E-state index contributed by atoms with van der Waals surface area (Å²) in [6.07, 6.45) is 7.79. The van der Waals surface area contributed by atoms with Gasteiger partial charge in [-0.1, -0.05) is 73.7 Å². The number of hydrogen-bond acceptors (Lipinski definition) is 5. The van der Waals surface area contributed by atoms with Gasteiger partial charge in [0, 0.05) is 11.1 Å². The highest BCUT2D eigenvalue weighted by atomic mass is 16.5. The average Bonchev–Trinajstić information content (AvgIpc) is 3.48. The van der Waals surface area contributed by atoms with Crippen molar-refractivity contribution in [3.05, 3.63) is 84.3 Å². The van der Waals surface area contributed by atoms with Crippen molar-refractivity contribution in [1.82, 2.24) is 9.97 Å². The molecule has 0 saturated heterocycles. The molecule has 0 spiro atoms. The van der Waals surface area contributed by atoms with Crippen LogP contribution in [0.5, 0.6) is 0 Å². The SMILES string of the molecule is CCc1ccc(-c2c(-c3ccccc3)oc3ncnc(C[C@@H]4C=C[C@H](OCC(=O)O)C4)c23)cc1. The molecule has 2 heterocycles. The molecule has 2 aromatic heterocycles. The molecule has 1 aliphatic rings. The number of aryl methyl sites for hydroxylation is 1. The van der Waals surface area contributed by atoms with Gasteiger partial charge in [-0.3, -0.25) is 0 Å². The first-order valence-electron chi connectivity index (χ1n) is 11.5. The lowest BCUT2D eigenvalue weighted by molar-refractivity contribution is -0.143. The lowest BCUT2D eigenvalue weighted by Gasteiger charge is -2.13. The van der Waals surface area contributed by atoms with Gasteiger partial charge in [0.05, 0.1) is 17.2 Å². The van der Waals surface area contributed by atoms with Crippen molar-refractivity contribution in [1.29, 1.82) is 0 Å². The van der Waals surface area contributed by atoms with Crippen molar-refractivity contribution in [2.75, 3.05) is 6.61 Å². The van der Waals surface area contributed by atoms with Gasteiger partial charge in [-0.05, 0) is 36.3 Å². The van der Waals surface area contributed by atoms with Crippen LogP contribution >= 0.6 is 0 Å². The molecule has 34 heavy (non-hydrogen) atoms. The zero-order valence-electron chi connectivity index (χ0n) is 19.0. The summed E-state index contributed by atoms with van der Waals surface area (Å²) in [7, 11) is 0. The van der Waals surface area contributed by atoms with Crippen LogP contribution in [0.3, 0.4) is 0 Å². The molecule has 0 unspecified atom stereocenters. The van der Waals surface area contributed by atoms with E-state index in [2.05, 4.69) is 47.2 Å². The van der Waals surface area contributed by atoms with E-state index < -0.39 is 5.97 Å². The summed E-state index contributed by atoms with van der Waals surface area (Å²) >= 11 is 0. The van der Waals surface area contributed by atoms with Crippen LogP contribution in [0.2, 0.25) is 0 Å². The predicted molar refractivity (Wildman–Crippen MR) is 130 cm³/mol. The molecule has 172 valence electrons. The number of rotatable bonds is 8. The topological polar surface area (TPSA) is 85.5 Å². The number of hydrogen-bond donors (Lipinski definition) is 1. The van der Waals surface area contributed by atoms with Crippen molar-refractivity contribution < 1.29 is 19.1 Å². The molecule has 0 aliphatic heterocycles. The number of furan rings is 1. The number of carboxylic acids is 1. The largest absolute Gasteiger partial charge is 0.480 e. The molecule has 4 aromatic rings. The van der Waals surface area contributed by atoms with Gasteiger partial charge in [0.25, 0.3) is 0 Å². The number of aliphatic carboxylic acids is 1. The third-order valence-corrected chi connectivity index (χ3v) is 6.26. The second-order valence-corrected chi connectivity index (χ2v) is 8.55. The van der Waals surface area contributed by atoms with Crippen LogP contribution in [0.1, 0.15) is 24.6 Å². The van der Waals surface area contributed by atoms with Crippen LogP contribution in [0.25, 0.3) is 33.6 Å². The summed E-state index contributed by atoms with van der Waals surface area (Å²) in [6, 6.07) is 18.6. The van der Waals surface area contributed by atoms with Gasteiger partial charge in [-0.25, -0.2) is 14.8 Å². The quantitative estimate of drug-likeness (QED) is 0.343. The minimum atomic E-state index is -0.958. The zero-order valence-corrected chi connectivity index (χ0v) is 19.0. The Morgan fingerprint density at radius 1 is 1.06 bits per heavy atom. The van der Waals surface area contributed by atoms with E-state index in [0.29, 0.717) is 12.1 Å². The van der Waals surface area contributed by atoms with Gasteiger partial charge in [0.1, 0.15) is 18.7 Å². The molecule has 5 rings (SSSR count). The summed E-state index contributed by atoms with van der Waals surface area (Å²) in [6.45, 7) is 1.85. The standard InChI is InChI=1S/C28H26N2O4/c1-2-18-8-11-20(12-9-18)25-26-23(15-19-10-13-22(14-19)33-16-24(31)32)29-17-30-28(26)34-27(25)21-6-4-3-5-7-21/h3-13,17,19,22H,2,14-16H2,1H3,(H,31,32)/t19-,22+/m1/s1. The fraction of sp³-hybridized carbons (Fsp3) is 0.250. The maximum atomic E-state index is 10.8. The second-order valence-electron chi connectivity index (χ2n) is 8.55. The Morgan fingerprint density at radius 2 is 1.85 bits per heavy atom. The molecule has 6 nitrogen and oxygen atoms in total. The minimum absolute atomic E-state index is 0.191. The van der Waals surface area contributed by atoms with Gasteiger partial charge in [0.2, 0.25) is 5.71 Å². The van der Waals surface area contributed by atoms with Crippen LogP contribution in [-0.4, -0.2) is 33.8 Å². The normalized spacial score (nSPS) is 17.4. The van der Waals surface area contributed by atoms with E-state index in [1.807, 2.05) is 36.4 Å². The van der Waals surface area contributed by atoms with Gasteiger partial charge >= 0.3 is 5.97 Å². The average molecular weight is 455 g/mol. The maximum absolute atomic E-state index is 10.8. The molecule has 6 heteroatoms. The molecule has 1 N–H and O–H groups in total. The summed E-state index contributed by atoms with van der Waals surface area (Å²) in [5, 5.41) is 9.81. The third kappa shape index (κ3) is 4.50. The smallest absolute Gasteiger partial charge is 0.329 e. The van der Waals surface area contributed by atoms with E-state index in [4.69, 9.17) is 14.3 Å². The molecule has 2 atom stereocenters. The maximum Gasteiger partial charge on any atom is 0.329 e. The highest BCUT2D eigenvalue weighted by molar-refractivity contribution is 6.01. The van der Waals surface area contributed by atoms with Crippen LogP contribution in [0.15, 0.2) is 77.5 Å². The highest BCUT2D eigenvalue weighted by Gasteiger charge is 2.26. The van der Waals surface area contributed by atoms with Crippen LogP contribution in [-0.2, 0) is 22.4 Å². The summed E-state index contributed by atoms with van der Waals surface area (Å²) in [5.41, 5.74) is 5.82. The zero-order chi connectivity index (χ0) is 23.5. The van der Waals surface area contributed by atoms with E-state index in [-0.39, 0.29) is 18.6 Å². The Morgan fingerprint density at radius 3 is 2.59 bits per heavy atom. The molecule has 0 fully saturated rings. The summed E-state index contributed by atoms with van der Waals surface area (Å²) in [4.78, 5) is 19.9. The number of carboxylic acid groups (broad SMARTS) is 1. The fourth-order valence-electron chi connectivity index (χ4n) is 4.56. The molecular weight excluding hydrogens is 428 g/mol. The Bertz CT molecular complexity index is 1330. The first kappa shape index (κ1) is 22.0. The summed E-state index contributed by atoms with van der Waals surface area (Å²) in [5.74, 6) is 0.0217. The summed E-state index contributed by atoms with van der Waals surface area (Å²) < 4.78 is 11.8. The number of fused-ring (bicyclic) bond motifs is 1. The fourth-order valence-corrected chi connectivity index (χ4v) is 4.56. The lowest BCUT2D eigenvalue weighted by Crippen LogP contribution is -2.16. The molecule has 0 bridgehead atoms. The molecule has 2 aromatic carbocycles. The lowest BCUT2D eigenvalue weighted by atomic mass is 9.94. The van der Waals surface area contributed by atoms with E-state index in [0.717, 1.165) is 46.4 Å². The van der Waals surface area contributed by atoms with Gasteiger partial charge < -0.3 is 14.3 Å². The Balaban J connectivity index is 1.55. The third-order valence-electron chi connectivity index (χ3n) is 6.26. The number of allylic oxidation sites excluding steroid dienone is 1. The first-order valence-corrected chi connectivity index (χ1v) is 11.5. The van der Waals surface area contributed by atoms with Crippen molar-refractivity contribution in [2.24, 2.45) is 5.92 Å². The van der Waals surface area contributed by atoms with E-state index in [1.165, 1.54) is 5.56 Å². The molecular formula is C28H26N2O4.